The van der Waals surface area contributed by atoms with E-state index in [1.807, 2.05) is 67.6 Å². The minimum atomic E-state index is -0.532. The van der Waals surface area contributed by atoms with Gasteiger partial charge >= 0.3 is 0 Å². The second-order valence-electron chi connectivity index (χ2n) is 7.87. The van der Waals surface area contributed by atoms with Crippen molar-refractivity contribution in [3.05, 3.63) is 124 Å². The van der Waals surface area contributed by atoms with E-state index in [1.165, 1.54) is 4.68 Å². The summed E-state index contributed by atoms with van der Waals surface area (Å²) in [5, 5.41) is 25.9. The zero-order chi connectivity index (χ0) is 22.2. The number of aryl methyl sites for hydroxylation is 1. The average Bonchev–Trinajstić information content (AvgIpc) is 3.11. The van der Waals surface area contributed by atoms with Crippen LogP contribution in [0.2, 0.25) is 0 Å². The molecule has 5 rings (SSSR count). The van der Waals surface area contributed by atoms with Crippen LogP contribution in [-0.2, 0) is 0 Å². The highest BCUT2D eigenvalue weighted by Gasteiger charge is 2.29. The van der Waals surface area contributed by atoms with E-state index >= 15 is 0 Å². The third-order valence-corrected chi connectivity index (χ3v) is 5.88. The summed E-state index contributed by atoms with van der Waals surface area (Å²) in [4.78, 5) is 13.7. The molecule has 158 valence electrons. The van der Waals surface area contributed by atoms with E-state index in [0.717, 1.165) is 22.0 Å². The fourth-order valence-corrected chi connectivity index (χ4v) is 4.39. The third-order valence-electron chi connectivity index (χ3n) is 5.88. The zero-order valence-corrected chi connectivity index (χ0v) is 17.5. The molecule has 1 atom stereocenters. The van der Waals surface area contributed by atoms with E-state index in [9.17, 15) is 15.0 Å². The van der Waals surface area contributed by atoms with Crippen LogP contribution < -0.4 is 5.56 Å². The lowest BCUT2D eigenvalue weighted by atomic mass is 9.82. The lowest BCUT2D eigenvalue weighted by Gasteiger charge is -2.21. The molecule has 0 amide bonds. The van der Waals surface area contributed by atoms with Crippen LogP contribution in [0.5, 0.6) is 11.5 Å². The van der Waals surface area contributed by atoms with Gasteiger partial charge in [-0.15, -0.1) is 0 Å². The monoisotopic (exact) mass is 422 g/mol. The van der Waals surface area contributed by atoms with Crippen LogP contribution in [0.15, 0.2) is 95.8 Å². The van der Waals surface area contributed by atoms with Gasteiger partial charge < -0.3 is 10.2 Å². The summed E-state index contributed by atoms with van der Waals surface area (Å²) in [5.41, 5.74) is 3.27. The summed E-state index contributed by atoms with van der Waals surface area (Å²) >= 11 is 0. The molecule has 32 heavy (non-hydrogen) atoms. The molecule has 1 unspecified atom stereocenters. The largest absolute Gasteiger partial charge is 0.508 e. The van der Waals surface area contributed by atoms with Gasteiger partial charge in [-0.2, -0.15) is 0 Å². The highest BCUT2D eigenvalue weighted by atomic mass is 16.3. The Hall–Kier alpha value is -4.25. The molecule has 0 fully saturated rings. The first-order chi connectivity index (χ1) is 15.5. The fraction of sp³-hybridized carbons (Fsp3) is 0.0741. The predicted octanol–water partition coefficient (Wildman–Crippen LogP) is 5.22. The van der Waals surface area contributed by atoms with Crippen molar-refractivity contribution in [1.29, 1.82) is 0 Å². The van der Waals surface area contributed by atoms with E-state index < -0.39 is 5.92 Å². The van der Waals surface area contributed by atoms with Gasteiger partial charge in [0.05, 0.1) is 11.3 Å². The van der Waals surface area contributed by atoms with E-state index in [2.05, 4.69) is 5.10 Å². The Morgan fingerprint density at radius 1 is 0.781 bits per heavy atom. The number of phenolic OH excluding ortho intramolecular Hbond substituents is 2. The molecule has 5 nitrogen and oxygen atoms in total. The van der Waals surface area contributed by atoms with Crippen molar-refractivity contribution in [2.75, 3.05) is 0 Å². The predicted molar refractivity (Wildman–Crippen MR) is 126 cm³/mol. The molecule has 5 heteroatoms. The molecule has 0 bridgehead atoms. The number of hydrogen-bond donors (Lipinski definition) is 3. The minimum absolute atomic E-state index is 0.119. The first-order valence-electron chi connectivity index (χ1n) is 10.4. The topological polar surface area (TPSA) is 78.2 Å². The zero-order valence-electron chi connectivity index (χ0n) is 17.5. The molecule has 1 heterocycles. The Balaban J connectivity index is 1.83. The first kappa shape index (κ1) is 19.7. The summed E-state index contributed by atoms with van der Waals surface area (Å²) in [5.74, 6) is -0.273. The summed E-state index contributed by atoms with van der Waals surface area (Å²) in [6, 6.07) is 27.5. The molecule has 4 aromatic carbocycles. The highest BCUT2D eigenvalue weighted by molar-refractivity contribution is 5.89. The van der Waals surface area contributed by atoms with Crippen LogP contribution in [0, 0.1) is 6.92 Å². The summed E-state index contributed by atoms with van der Waals surface area (Å²) in [6.07, 6.45) is 0. The van der Waals surface area contributed by atoms with Gasteiger partial charge in [-0.25, -0.2) is 4.68 Å². The molecular weight excluding hydrogens is 400 g/mol. The second-order valence-corrected chi connectivity index (χ2v) is 7.87. The quantitative estimate of drug-likeness (QED) is 0.372. The molecule has 0 aliphatic rings. The van der Waals surface area contributed by atoms with Crippen molar-refractivity contribution in [2.24, 2.45) is 0 Å². The third kappa shape index (κ3) is 3.24. The number of nitrogens with zero attached hydrogens (tertiary/aromatic N) is 1. The molecule has 0 aliphatic heterocycles. The number of aromatic nitrogens is 2. The van der Waals surface area contributed by atoms with Gasteiger partial charge in [0, 0.05) is 17.2 Å². The van der Waals surface area contributed by atoms with E-state index in [0.29, 0.717) is 16.8 Å². The van der Waals surface area contributed by atoms with Crippen molar-refractivity contribution >= 4 is 10.8 Å². The van der Waals surface area contributed by atoms with Crippen molar-refractivity contribution in [3.63, 3.8) is 0 Å². The van der Waals surface area contributed by atoms with Crippen LogP contribution in [-0.4, -0.2) is 20.0 Å². The minimum Gasteiger partial charge on any atom is -0.508 e. The smallest absolute Gasteiger partial charge is 0.275 e. The maximum Gasteiger partial charge on any atom is 0.275 e. The van der Waals surface area contributed by atoms with Gasteiger partial charge in [-0.1, -0.05) is 60.7 Å². The lowest BCUT2D eigenvalue weighted by Crippen LogP contribution is -2.20. The van der Waals surface area contributed by atoms with Crippen LogP contribution in [0.1, 0.15) is 28.3 Å². The van der Waals surface area contributed by atoms with Gasteiger partial charge in [0.25, 0.3) is 5.56 Å². The number of nitrogens with one attached hydrogen (secondary N) is 1. The van der Waals surface area contributed by atoms with Gasteiger partial charge in [-0.3, -0.25) is 9.89 Å². The second kappa shape index (κ2) is 7.78. The number of H-pyrrole nitrogens is 1. The van der Waals surface area contributed by atoms with Crippen LogP contribution in [0.25, 0.3) is 16.5 Å². The Bertz CT molecular complexity index is 1470. The lowest BCUT2D eigenvalue weighted by molar-refractivity contribution is 0.468. The maximum absolute atomic E-state index is 13.7. The molecule has 0 radical (unpaired) electrons. The molecule has 0 aliphatic carbocycles. The van der Waals surface area contributed by atoms with Crippen molar-refractivity contribution in [2.45, 2.75) is 12.8 Å². The van der Waals surface area contributed by atoms with Crippen molar-refractivity contribution in [3.8, 4) is 17.2 Å². The number of aromatic hydroxyl groups is 2. The Morgan fingerprint density at radius 3 is 2.22 bits per heavy atom. The van der Waals surface area contributed by atoms with E-state index in [4.69, 9.17) is 0 Å². The number of hydrogen-bond acceptors (Lipinski definition) is 3. The molecular formula is C27H22N2O3. The number of rotatable bonds is 4. The van der Waals surface area contributed by atoms with Gasteiger partial charge in [0.1, 0.15) is 11.5 Å². The Kier molecular flexibility index (Phi) is 4.79. The van der Waals surface area contributed by atoms with Gasteiger partial charge in [-0.05, 0) is 53.6 Å². The normalized spacial score (nSPS) is 12.2. The SMILES string of the molecule is Cc1[nH]n(-c2ccccc2)c(=O)c1C(c1ccc(O)cc1)c1c(O)ccc2ccccc12. The van der Waals surface area contributed by atoms with Crippen LogP contribution in [0.4, 0.5) is 0 Å². The van der Waals surface area contributed by atoms with Crippen molar-refractivity contribution in [1.82, 2.24) is 9.78 Å². The highest BCUT2D eigenvalue weighted by Crippen LogP contribution is 2.41. The molecule has 0 spiro atoms. The molecule has 5 aromatic rings. The van der Waals surface area contributed by atoms with Crippen molar-refractivity contribution < 1.29 is 10.2 Å². The summed E-state index contributed by atoms with van der Waals surface area (Å²) < 4.78 is 1.53. The average molecular weight is 422 g/mol. The molecule has 3 N–H and O–H groups in total. The summed E-state index contributed by atoms with van der Waals surface area (Å²) in [6.45, 7) is 1.87. The van der Waals surface area contributed by atoms with Crippen LogP contribution >= 0.6 is 0 Å². The van der Waals surface area contributed by atoms with E-state index in [-0.39, 0.29) is 17.1 Å². The fourth-order valence-electron chi connectivity index (χ4n) is 4.39. The standard InChI is InChI=1S/C27H22N2O3/c1-17-24(27(32)29(28-17)20-8-3-2-4-9-20)25(19-11-14-21(30)15-12-19)26-22-10-6-5-7-18(22)13-16-23(26)31/h2-16,25,28,30-31H,1H3. The number of phenols is 2. The number of para-hydroxylation sites is 1. The number of aromatic amines is 1. The maximum atomic E-state index is 13.7. The molecule has 1 aromatic heterocycles. The van der Waals surface area contributed by atoms with E-state index in [1.54, 1.807) is 30.3 Å². The Labute approximate surface area is 184 Å². The molecule has 0 saturated heterocycles. The molecule has 0 saturated carbocycles. The van der Waals surface area contributed by atoms with Gasteiger partial charge in [0.2, 0.25) is 0 Å². The first-order valence-corrected chi connectivity index (χ1v) is 10.4. The summed E-state index contributed by atoms with van der Waals surface area (Å²) in [7, 11) is 0. The number of benzene rings is 4. The van der Waals surface area contributed by atoms with Crippen LogP contribution in [0.3, 0.4) is 0 Å². The van der Waals surface area contributed by atoms with Gasteiger partial charge in [0.15, 0.2) is 0 Å². The number of fused-ring (bicyclic) bond motifs is 1. The Morgan fingerprint density at radius 2 is 1.47 bits per heavy atom.